The molecule has 0 aromatic carbocycles. The second-order valence-electron chi connectivity index (χ2n) is 3.49. The molecular formula is C8H13NO3. The number of ether oxygens (including phenoxy) is 1. The normalized spacial score (nSPS) is 35.6. The monoisotopic (exact) mass is 171 g/mol. The second kappa shape index (κ2) is 2.94. The smallest absolute Gasteiger partial charge is 0.407 e. The summed E-state index contributed by atoms with van der Waals surface area (Å²) in [7, 11) is 0. The highest BCUT2D eigenvalue weighted by atomic mass is 16.6. The van der Waals surface area contributed by atoms with Gasteiger partial charge in [-0.05, 0) is 18.8 Å². The first-order valence-electron chi connectivity index (χ1n) is 4.39. The maximum Gasteiger partial charge on any atom is 0.407 e. The Kier molecular flexibility index (Phi) is 1.92. The molecular weight excluding hydrogens is 158 g/mol. The minimum atomic E-state index is -0.383. The Morgan fingerprint density at radius 3 is 2.83 bits per heavy atom. The summed E-state index contributed by atoms with van der Waals surface area (Å²) >= 11 is 0. The van der Waals surface area contributed by atoms with E-state index in [1.165, 1.54) is 6.42 Å². The van der Waals surface area contributed by atoms with E-state index in [4.69, 9.17) is 9.84 Å². The van der Waals surface area contributed by atoms with Crippen LogP contribution in [-0.4, -0.2) is 30.0 Å². The van der Waals surface area contributed by atoms with Crippen molar-refractivity contribution in [1.82, 2.24) is 5.32 Å². The lowest BCUT2D eigenvalue weighted by atomic mass is 9.79. The number of hydrogen-bond donors (Lipinski definition) is 2. The minimum Gasteiger partial charge on any atom is -0.444 e. The van der Waals surface area contributed by atoms with Crippen molar-refractivity contribution in [2.45, 2.75) is 31.4 Å². The molecule has 0 bridgehead atoms. The number of carbonyl (C=O) groups excluding carboxylic acids is 1. The first-order valence-corrected chi connectivity index (χ1v) is 4.39. The molecule has 0 spiro atoms. The maximum absolute atomic E-state index is 10.8. The van der Waals surface area contributed by atoms with Crippen molar-refractivity contribution in [2.24, 2.45) is 5.92 Å². The molecule has 1 heterocycles. The number of nitrogens with one attached hydrogen (secondary N) is 1. The van der Waals surface area contributed by atoms with Crippen LogP contribution in [0.5, 0.6) is 0 Å². The molecule has 2 rings (SSSR count). The van der Waals surface area contributed by atoms with Crippen LogP contribution < -0.4 is 5.32 Å². The molecule has 2 aliphatic rings. The summed E-state index contributed by atoms with van der Waals surface area (Å²) in [6.45, 7) is -0.0209. The predicted octanol–water partition coefficient (Wildman–Crippen LogP) is 0.256. The zero-order valence-corrected chi connectivity index (χ0v) is 6.82. The third-order valence-corrected chi connectivity index (χ3v) is 2.75. The number of rotatable bonds is 2. The summed E-state index contributed by atoms with van der Waals surface area (Å²) in [5.74, 6) is 0.473. The Morgan fingerprint density at radius 2 is 2.33 bits per heavy atom. The van der Waals surface area contributed by atoms with E-state index in [-0.39, 0.29) is 24.8 Å². The summed E-state index contributed by atoms with van der Waals surface area (Å²) in [6, 6.07) is -0.178. The SMILES string of the molecule is O=C1NC(CO)C(C2CCC2)O1. The number of aliphatic hydroxyl groups excluding tert-OH is 1. The van der Waals surface area contributed by atoms with E-state index in [0.717, 1.165) is 12.8 Å². The standard InChI is InChI=1S/C8H13NO3/c10-4-6-7(5-2-1-3-5)12-8(11)9-6/h5-7,10H,1-4H2,(H,9,11). The minimum absolute atomic E-state index is 0.0209. The summed E-state index contributed by atoms with van der Waals surface area (Å²) < 4.78 is 5.06. The summed E-state index contributed by atoms with van der Waals surface area (Å²) in [5, 5.41) is 11.5. The maximum atomic E-state index is 10.8. The molecule has 1 saturated carbocycles. The Balaban J connectivity index is 1.98. The highest BCUT2D eigenvalue weighted by Gasteiger charge is 2.41. The van der Waals surface area contributed by atoms with Crippen molar-refractivity contribution in [3.05, 3.63) is 0 Å². The predicted molar refractivity (Wildman–Crippen MR) is 41.6 cm³/mol. The Morgan fingerprint density at radius 1 is 1.58 bits per heavy atom. The fourth-order valence-electron chi connectivity index (χ4n) is 1.82. The lowest BCUT2D eigenvalue weighted by molar-refractivity contribution is 0.0446. The summed E-state index contributed by atoms with van der Waals surface area (Å²) in [5.41, 5.74) is 0. The molecule has 0 radical (unpaired) electrons. The van der Waals surface area contributed by atoms with Crippen LogP contribution in [0.4, 0.5) is 4.79 Å². The lowest BCUT2D eigenvalue weighted by Gasteiger charge is -2.31. The van der Waals surface area contributed by atoms with E-state index in [1.807, 2.05) is 0 Å². The number of aliphatic hydroxyl groups is 1. The molecule has 0 aromatic heterocycles. The van der Waals surface area contributed by atoms with Crippen molar-refractivity contribution in [3.63, 3.8) is 0 Å². The van der Waals surface area contributed by atoms with Crippen LogP contribution >= 0.6 is 0 Å². The average Bonchev–Trinajstić information content (AvgIpc) is 2.27. The van der Waals surface area contributed by atoms with Crippen molar-refractivity contribution < 1.29 is 14.6 Å². The van der Waals surface area contributed by atoms with E-state index < -0.39 is 0 Å². The first kappa shape index (κ1) is 7.86. The van der Waals surface area contributed by atoms with Crippen LogP contribution in [0.15, 0.2) is 0 Å². The number of carbonyl (C=O) groups is 1. The zero-order chi connectivity index (χ0) is 8.55. The molecule has 4 heteroatoms. The van der Waals surface area contributed by atoms with Gasteiger partial charge in [-0.15, -0.1) is 0 Å². The van der Waals surface area contributed by atoms with Crippen LogP contribution in [0.25, 0.3) is 0 Å². The van der Waals surface area contributed by atoms with E-state index >= 15 is 0 Å². The summed E-state index contributed by atoms with van der Waals surface area (Å²) in [6.07, 6.45) is 2.99. The Labute approximate surface area is 70.9 Å². The Bertz CT molecular complexity index is 191. The van der Waals surface area contributed by atoms with Gasteiger partial charge in [-0.1, -0.05) is 6.42 Å². The average molecular weight is 171 g/mol. The van der Waals surface area contributed by atoms with E-state index in [1.54, 1.807) is 0 Å². The molecule has 1 saturated heterocycles. The molecule has 1 aliphatic heterocycles. The van der Waals surface area contributed by atoms with Crippen molar-refractivity contribution in [2.75, 3.05) is 6.61 Å². The van der Waals surface area contributed by atoms with Crippen molar-refractivity contribution in [1.29, 1.82) is 0 Å². The van der Waals surface area contributed by atoms with E-state index in [2.05, 4.69) is 5.32 Å². The van der Waals surface area contributed by atoms with Gasteiger partial charge in [0.1, 0.15) is 6.10 Å². The molecule has 12 heavy (non-hydrogen) atoms. The van der Waals surface area contributed by atoms with E-state index in [0.29, 0.717) is 5.92 Å². The molecule has 2 unspecified atom stereocenters. The van der Waals surface area contributed by atoms with Gasteiger partial charge < -0.3 is 15.2 Å². The number of cyclic esters (lactones) is 1. The zero-order valence-electron chi connectivity index (χ0n) is 6.82. The largest absolute Gasteiger partial charge is 0.444 e. The Hall–Kier alpha value is -0.770. The number of alkyl carbamates (subject to hydrolysis) is 1. The van der Waals surface area contributed by atoms with E-state index in [9.17, 15) is 4.79 Å². The molecule has 2 N–H and O–H groups in total. The highest BCUT2D eigenvalue weighted by molar-refractivity contribution is 5.70. The molecule has 0 aromatic rings. The van der Waals surface area contributed by atoms with Gasteiger partial charge in [0.2, 0.25) is 0 Å². The number of hydrogen-bond acceptors (Lipinski definition) is 3. The fourth-order valence-corrected chi connectivity index (χ4v) is 1.82. The topological polar surface area (TPSA) is 58.6 Å². The third-order valence-electron chi connectivity index (χ3n) is 2.75. The fraction of sp³-hybridized carbons (Fsp3) is 0.875. The van der Waals surface area contributed by atoms with Crippen LogP contribution in [-0.2, 0) is 4.74 Å². The van der Waals surface area contributed by atoms with Gasteiger partial charge >= 0.3 is 6.09 Å². The van der Waals surface area contributed by atoms with Gasteiger partial charge in [0.25, 0.3) is 0 Å². The number of amides is 1. The molecule has 68 valence electrons. The molecule has 2 fully saturated rings. The van der Waals surface area contributed by atoms with Crippen LogP contribution in [0.3, 0.4) is 0 Å². The second-order valence-corrected chi connectivity index (χ2v) is 3.49. The first-order chi connectivity index (χ1) is 5.81. The molecule has 1 aliphatic carbocycles. The van der Waals surface area contributed by atoms with Crippen LogP contribution in [0.1, 0.15) is 19.3 Å². The quantitative estimate of drug-likeness (QED) is 0.626. The molecule has 2 atom stereocenters. The van der Waals surface area contributed by atoms with Gasteiger partial charge in [0.05, 0.1) is 12.6 Å². The van der Waals surface area contributed by atoms with Crippen LogP contribution in [0, 0.1) is 5.92 Å². The molecule has 1 amide bonds. The van der Waals surface area contributed by atoms with Gasteiger partial charge in [0.15, 0.2) is 0 Å². The van der Waals surface area contributed by atoms with Gasteiger partial charge in [-0.2, -0.15) is 0 Å². The summed E-state index contributed by atoms with van der Waals surface area (Å²) in [4.78, 5) is 10.8. The lowest BCUT2D eigenvalue weighted by Crippen LogP contribution is -2.41. The van der Waals surface area contributed by atoms with Gasteiger partial charge in [-0.25, -0.2) is 4.79 Å². The third kappa shape index (κ3) is 1.16. The highest BCUT2D eigenvalue weighted by Crippen LogP contribution is 2.34. The van der Waals surface area contributed by atoms with Gasteiger partial charge in [0, 0.05) is 0 Å². The van der Waals surface area contributed by atoms with Gasteiger partial charge in [-0.3, -0.25) is 0 Å². The van der Waals surface area contributed by atoms with Crippen molar-refractivity contribution >= 4 is 6.09 Å². The molecule has 4 nitrogen and oxygen atoms in total. The van der Waals surface area contributed by atoms with Crippen LogP contribution in [0.2, 0.25) is 0 Å². The van der Waals surface area contributed by atoms with Crippen molar-refractivity contribution in [3.8, 4) is 0 Å².